The zero-order valence-electron chi connectivity index (χ0n) is 10.3. The monoisotopic (exact) mass is 263 g/mol. The van der Waals surface area contributed by atoms with Gasteiger partial charge in [0.25, 0.3) is 5.91 Å². The first kappa shape index (κ1) is 12.8. The van der Waals surface area contributed by atoms with Crippen LogP contribution in [0, 0.1) is 10.1 Å². The van der Waals surface area contributed by atoms with Gasteiger partial charge in [0.15, 0.2) is 5.69 Å². The number of carbonyl (C=O) groups excluding carboxylic acids is 1. The Bertz CT molecular complexity index is 588. The van der Waals surface area contributed by atoms with Crippen LogP contribution >= 0.6 is 0 Å². The molecule has 0 aromatic carbocycles. The molecule has 0 radical (unpaired) electrons. The molecule has 0 bridgehead atoms. The maximum Gasteiger partial charge on any atom is 0.323 e. The summed E-state index contributed by atoms with van der Waals surface area (Å²) in [6.07, 6.45) is 3.92. The first-order chi connectivity index (χ1) is 9.09. The number of amides is 1. The number of imidazole rings is 1. The molecular formula is C11H13N5O3. The van der Waals surface area contributed by atoms with E-state index in [0.717, 1.165) is 5.82 Å². The molecule has 2 aromatic heterocycles. The lowest BCUT2D eigenvalue weighted by Gasteiger charge is -2.03. The summed E-state index contributed by atoms with van der Waals surface area (Å²) in [6, 6.07) is 2.74. The molecule has 0 spiro atoms. The first-order valence-corrected chi connectivity index (χ1v) is 5.66. The highest BCUT2D eigenvalue weighted by Gasteiger charge is 2.19. The number of hydrogen-bond acceptors (Lipinski definition) is 4. The van der Waals surface area contributed by atoms with E-state index in [0.29, 0.717) is 13.0 Å². The number of rotatable bonds is 5. The van der Waals surface area contributed by atoms with Gasteiger partial charge in [-0.15, -0.1) is 0 Å². The maximum absolute atomic E-state index is 11.8. The van der Waals surface area contributed by atoms with Crippen molar-refractivity contribution in [3.63, 3.8) is 0 Å². The number of aromatic nitrogens is 3. The molecule has 2 heterocycles. The predicted octanol–water partition coefficient (Wildman–Crippen LogP) is 0.629. The molecule has 2 rings (SSSR count). The van der Waals surface area contributed by atoms with Crippen LogP contribution in [0.5, 0.6) is 0 Å². The van der Waals surface area contributed by atoms with Crippen LogP contribution in [0.3, 0.4) is 0 Å². The van der Waals surface area contributed by atoms with E-state index >= 15 is 0 Å². The number of nitro groups is 1. The van der Waals surface area contributed by atoms with Gasteiger partial charge < -0.3 is 20.4 Å². The second-order valence-corrected chi connectivity index (χ2v) is 3.93. The summed E-state index contributed by atoms with van der Waals surface area (Å²) in [5, 5.41) is 13.4. The Morgan fingerprint density at radius 1 is 1.58 bits per heavy atom. The second kappa shape index (κ2) is 5.34. The molecule has 0 aliphatic rings. The smallest absolute Gasteiger partial charge is 0.323 e. The molecule has 0 aliphatic heterocycles. The Hall–Kier alpha value is -2.64. The molecule has 100 valence electrons. The van der Waals surface area contributed by atoms with Crippen LogP contribution in [-0.2, 0) is 13.5 Å². The Labute approximate surface area is 108 Å². The summed E-state index contributed by atoms with van der Waals surface area (Å²) < 4.78 is 1.25. The number of H-pyrrole nitrogens is 1. The van der Waals surface area contributed by atoms with E-state index in [4.69, 9.17) is 0 Å². The highest BCUT2D eigenvalue weighted by Crippen LogP contribution is 2.14. The van der Waals surface area contributed by atoms with Crippen molar-refractivity contribution < 1.29 is 9.72 Å². The van der Waals surface area contributed by atoms with Crippen molar-refractivity contribution in [1.29, 1.82) is 0 Å². The van der Waals surface area contributed by atoms with Gasteiger partial charge in [-0.25, -0.2) is 9.55 Å². The van der Waals surface area contributed by atoms with Crippen molar-refractivity contribution >= 4 is 11.7 Å². The van der Waals surface area contributed by atoms with Gasteiger partial charge in [0.2, 0.25) is 0 Å². The molecule has 19 heavy (non-hydrogen) atoms. The number of aromatic amines is 1. The van der Waals surface area contributed by atoms with Crippen LogP contribution in [0.4, 0.5) is 5.82 Å². The van der Waals surface area contributed by atoms with Gasteiger partial charge in [0.1, 0.15) is 5.82 Å². The summed E-state index contributed by atoms with van der Waals surface area (Å²) in [5.74, 6) is 0.316. The van der Waals surface area contributed by atoms with Crippen LogP contribution in [0.2, 0.25) is 0 Å². The summed E-state index contributed by atoms with van der Waals surface area (Å²) in [4.78, 5) is 28.9. The van der Waals surface area contributed by atoms with Gasteiger partial charge in [-0.3, -0.25) is 4.79 Å². The number of nitrogens with zero attached hydrogens (tertiary/aromatic N) is 3. The fraction of sp³-hybridized carbons (Fsp3) is 0.273. The fourth-order valence-corrected chi connectivity index (χ4v) is 1.73. The summed E-state index contributed by atoms with van der Waals surface area (Å²) in [5.41, 5.74) is 0.256. The lowest BCUT2D eigenvalue weighted by atomic mass is 10.3. The third-order valence-corrected chi connectivity index (χ3v) is 2.72. The number of hydrogen-bond donors (Lipinski definition) is 2. The molecule has 1 amide bonds. The van der Waals surface area contributed by atoms with Crippen LogP contribution in [0.25, 0.3) is 0 Å². The quantitative estimate of drug-likeness (QED) is 0.609. The van der Waals surface area contributed by atoms with Crippen LogP contribution in [-0.4, -0.2) is 31.9 Å². The van der Waals surface area contributed by atoms with E-state index < -0.39 is 4.92 Å². The van der Waals surface area contributed by atoms with E-state index in [-0.39, 0.29) is 17.4 Å². The molecule has 8 heteroatoms. The SMILES string of the molecule is Cn1c(C(=O)NCCc2ncc[nH]2)ccc1[N+](=O)[O-]. The molecule has 0 saturated heterocycles. The highest BCUT2D eigenvalue weighted by molar-refractivity contribution is 5.93. The van der Waals surface area contributed by atoms with Crippen molar-refractivity contribution in [2.24, 2.45) is 7.05 Å². The van der Waals surface area contributed by atoms with E-state index in [1.165, 1.54) is 23.7 Å². The fourth-order valence-electron chi connectivity index (χ4n) is 1.73. The molecule has 2 N–H and O–H groups in total. The minimum atomic E-state index is -0.528. The Balaban J connectivity index is 1.95. The van der Waals surface area contributed by atoms with E-state index in [9.17, 15) is 14.9 Å². The average molecular weight is 263 g/mol. The molecular weight excluding hydrogens is 250 g/mol. The predicted molar refractivity (Wildman–Crippen MR) is 66.7 cm³/mol. The lowest BCUT2D eigenvalue weighted by molar-refractivity contribution is -0.391. The zero-order chi connectivity index (χ0) is 13.8. The molecule has 0 saturated carbocycles. The van der Waals surface area contributed by atoms with Gasteiger partial charge in [0.05, 0.1) is 7.05 Å². The molecule has 8 nitrogen and oxygen atoms in total. The maximum atomic E-state index is 11.8. The molecule has 2 aromatic rings. The lowest BCUT2D eigenvalue weighted by Crippen LogP contribution is -2.27. The van der Waals surface area contributed by atoms with Crippen molar-refractivity contribution in [1.82, 2.24) is 19.9 Å². The van der Waals surface area contributed by atoms with E-state index in [1.807, 2.05) is 0 Å². The minimum Gasteiger partial charge on any atom is -0.358 e. The summed E-state index contributed by atoms with van der Waals surface area (Å²) >= 11 is 0. The molecule has 0 unspecified atom stereocenters. The van der Waals surface area contributed by atoms with Crippen molar-refractivity contribution in [3.8, 4) is 0 Å². The number of carbonyl (C=O) groups is 1. The minimum absolute atomic E-state index is 0.115. The molecule has 0 atom stereocenters. The Kier molecular flexibility index (Phi) is 3.60. The van der Waals surface area contributed by atoms with Crippen molar-refractivity contribution in [3.05, 3.63) is 46.2 Å². The largest absolute Gasteiger partial charge is 0.358 e. The highest BCUT2D eigenvalue weighted by atomic mass is 16.6. The molecule has 0 aliphatic carbocycles. The standard InChI is InChI=1S/C11H13N5O3/c1-15-8(2-3-10(15)16(18)19)11(17)14-5-4-9-12-6-7-13-9/h2-3,6-7H,4-5H2,1H3,(H,12,13)(H,14,17). The Morgan fingerprint density at radius 2 is 2.37 bits per heavy atom. The third-order valence-electron chi connectivity index (χ3n) is 2.72. The zero-order valence-corrected chi connectivity index (χ0v) is 10.3. The molecule has 0 fully saturated rings. The van der Waals surface area contributed by atoms with Crippen LogP contribution in [0.1, 0.15) is 16.3 Å². The first-order valence-electron chi connectivity index (χ1n) is 5.66. The second-order valence-electron chi connectivity index (χ2n) is 3.93. The topological polar surface area (TPSA) is 106 Å². The number of nitrogens with one attached hydrogen (secondary N) is 2. The van der Waals surface area contributed by atoms with Gasteiger partial charge in [-0.1, -0.05) is 0 Å². The Morgan fingerprint density at radius 3 is 2.95 bits per heavy atom. The van der Waals surface area contributed by atoms with Crippen LogP contribution in [0.15, 0.2) is 24.5 Å². The summed E-state index contributed by atoms with van der Waals surface area (Å²) in [6.45, 7) is 0.408. The van der Waals surface area contributed by atoms with Gasteiger partial charge in [-0.05, 0) is 11.0 Å². The van der Waals surface area contributed by atoms with Gasteiger partial charge in [0, 0.05) is 31.4 Å². The van der Waals surface area contributed by atoms with Crippen molar-refractivity contribution in [2.45, 2.75) is 6.42 Å². The van der Waals surface area contributed by atoms with Crippen molar-refractivity contribution in [2.75, 3.05) is 6.54 Å². The van der Waals surface area contributed by atoms with E-state index in [1.54, 1.807) is 12.4 Å². The average Bonchev–Trinajstić information content (AvgIpc) is 2.98. The van der Waals surface area contributed by atoms with Gasteiger partial charge >= 0.3 is 5.82 Å². The van der Waals surface area contributed by atoms with Gasteiger partial charge in [-0.2, -0.15) is 0 Å². The van der Waals surface area contributed by atoms with E-state index in [2.05, 4.69) is 15.3 Å². The third kappa shape index (κ3) is 2.79. The summed E-state index contributed by atoms with van der Waals surface area (Å²) in [7, 11) is 1.49. The van der Waals surface area contributed by atoms with Crippen LogP contribution < -0.4 is 5.32 Å². The normalized spacial score (nSPS) is 10.4.